The van der Waals surface area contributed by atoms with Gasteiger partial charge in [0.1, 0.15) is 0 Å². The molecule has 1 aliphatic rings. The monoisotopic (exact) mass is 338 g/mol. The maximum atomic E-state index is 12.0. The van der Waals surface area contributed by atoms with E-state index >= 15 is 0 Å². The minimum Gasteiger partial charge on any atom is -0.376 e. The minimum absolute atomic E-state index is 0.219. The van der Waals surface area contributed by atoms with Gasteiger partial charge in [-0.2, -0.15) is 0 Å². The zero-order valence-electron chi connectivity index (χ0n) is 11.8. The maximum Gasteiger partial charge on any atom is 0.257 e. The molecular formula is C15H15ClN2O3S. The molecular weight excluding hydrogens is 324 g/mol. The lowest BCUT2D eigenvalue weighted by Crippen LogP contribution is -2.39. The molecule has 0 spiro atoms. The number of benzene rings is 1. The normalized spacial score (nSPS) is 18.1. The molecule has 1 amide bonds. The fraction of sp³-hybridized carbons (Fsp3) is 0.333. The second-order valence-corrected chi connectivity index (χ2v) is 6.41. The van der Waals surface area contributed by atoms with Gasteiger partial charge >= 0.3 is 0 Å². The van der Waals surface area contributed by atoms with Crippen molar-refractivity contribution >= 4 is 34.0 Å². The molecule has 2 aromatic rings. The smallest absolute Gasteiger partial charge is 0.257 e. The van der Waals surface area contributed by atoms with Gasteiger partial charge in [0.2, 0.25) is 0 Å². The van der Waals surface area contributed by atoms with Crippen molar-refractivity contribution in [3.05, 3.63) is 45.9 Å². The first kappa shape index (κ1) is 15.4. The number of ether oxygens (including phenoxy) is 2. The second kappa shape index (κ2) is 7.19. The van der Waals surface area contributed by atoms with Crippen LogP contribution < -0.4 is 5.32 Å². The van der Waals surface area contributed by atoms with Crippen LogP contribution >= 0.6 is 22.9 Å². The largest absolute Gasteiger partial charge is 0.376 e. The van der Waals surface area contributed by atoms with Crippen molar-refractivity contribution in [2.75, 3.05) is 25.1 Å². The fourth-order valence-corrected chi connectivity index (χ4v) is 3.18. The van der Waals surface area contributed by atoms with Gasteiger partial charge in [-0.05, 0) is 17.7 Å². The predicted octanol–water partition coefficient (Wildman–Crippen LogP) is 2.74. The Bertz CT molecular complexity index is 656. The number of carbonyl (C=O) groups is 1. The summed E-state index contributed by atoms with van der Waals surface area (Å²) in [4.78, 5) is 17.3. The van der Waals surface area contributed by atoms with Crippen molar-refractivity contribution in [2.24, 2.45) is 0 Å². The Kier molecular flexibility index (Phi) is 5.04. The van der Waals surface area contributed by atoms with Crippen molar-refractivity contribution in [2.45, 2.75) is 12.5 Å². The first-order valence-electron chi connectivity index (χ1n) is 6.90. The van der Waals surface area contributed by atoms with Crippen LogP contribution in [0.4, 0.5) is 5.13 Å². The number of carbonyl (C=O) groups excluding carboxylic acids is 1. The van der Waals surface area contributed by atoms with Gasteiger partial charge in [-0.15, -0.1) is 11.3 Å². The zero-order chi connectivity index (χ0) is 15.4. The summed E-state index contributed by atoms with van der Waals surface area (Å²) < 4.78 is 10.6. The summed E-state index contributed by atoms with van der Waals surface area (Å²) >= 11 is 7.42. The first-order valence-corrected chi connectivity index (χ1v) is 8.09. The molecule has 0 bridgehead atoms. The molecule has 1 aromatic heterocycles. The van der Waals surface area contributed by atoms with Crippen LogP contribution in [0.15, 0.2) is 30.5 Å². The first-order chi connectivity index (χ1) is 10.7. The van der Waals surface area contributed by atoms with E-state index in [1.54, 1.807) is 6.20 Å². The molecule has 116 valence electrons. The molecule has 0 saturated carbocycles. The number of nitrogens with one attached hydrogen (secondary N) is 1. The van der Waals surface area contributed by atoms with E-state index in [-0.39, 0.29) is 12.5 Å². The van der Waals surface area contributed by atoms with Crippen LogP contribution in [0.1, 0.15) is 10.4 Å². The number of hydrogen-bond donors (Lipinski definition) is 1. The van der Waals surface area contributed by atoms with E-state index in [0.29, 0.717) is 23.4 Å². The Balaban J connectivity index is 1.60. The molecule has 0 aliphatic carbocycles. The number of thiazole rings is 1. The topological polar surface area (TPSA) is 60.5 Å². The average molecular weight is 339 g/mol. The van der Waals surface area contributed by atoms with Gasteiger partial charge in [-0.3, -0.25) is 10.1 Å². The van der Waals surface area contributed by atoms with Gasteiger partial charge in [-0.1, -0.05) is 23.7 Å². The Labute approximate surface area is 137 Å². The highest BCUT2D eigenvalue weighted by Crippen LogP contribution is 2.22. The van der Waals surface area contributed by atoms with Crippen molar-refractivity contribution in [3.63, 3.8) is 0 Å². The van der Waals surface area contributed by atoms with Gasteiger partial charge in [0.15, 0.2) is 11.2 Å². The van der Waals surface area contributed by atoms with E-state index in [0.717, 1.165) is 16.9 Å². The van der Waals surface area contributed by atoms with E-state index in [2.05, 4.69) is 10.3 Å². The molecule has 22 heavy (non-hydrogen) atoms. The lowest BCUT2D eigenvalue weighted by Gasteiger charge is -2.21. The molecule has 3 rings (SSSR count). The van der Waals surface area contributed by atoms with Crippen LogP contribution in [0.5, 0.6) is 0 Å². The molecule has 5 nitrogen and oxygen atoms in total. The summed E-state index contributed by atoms with van der Waals surface area (Å²) in [6.07, 6.45) is 1.94. The maximum absolute atomic E-state index is 12.0. The number of hydrogen-bond acceptors (Lipinski definition) is 5. The third-order valence-electron chi connectivity index (χ3n) is 3.16. The van der Waals surface area contributed by atoms with Gasteiger partial charge in [0.25, 0.3) is 5.91 Å². The van der Waals surface area contributed by atoms with Gasteiger partial charge < -0.3 is 9.47 Å². The van der Waals surface area contributed by atoms with Crippen LogP contribution in [0, 0.1) is 0 Å². The Hall–Kier alpha value is -1.47. The van der Waals surface area contributed by atoms with Crippen LogP contribution in [-0.2, 0) is 20.7 Å². The van der Waals surface area contributed by atoms with Crippen LogP contribution in [0.25, 0.3) is 0 Å². The van der Waals surface area contributed by atoms with Crippen molar-refractivity contribution in [1.29, 1.82) is 0 Å². The average Bonchev–Trinajstić information content (AvgIpc) is 2.95. The summed E-state index contributed by atoms with van der Waals surface area (Å²) in [5, 5.41) is 4.05. The minimum atomic E-state index is -0.561. The Morgan fingerprint density at radius 1 is 1.45 bits per heavy atom. The molecule has 1 fully saturated rings. The molecule has 1 aromatic carbocycles. The molecule has 0 unspecified atom stereocenters. The molecule has 2 heterocycles. The lowest BCUT2D eigenvalue weighted by molar-refractivity contribution is -0.142. The van der Waals surface area contributed by atoms with Gasteiger partial charge in [0.05, 0.1) is 19.8 Å². The van der Waals surface area contributed by atoms with Crippen molar-refractivity contribution in [3.8, 4) is 0 Å². The summed E-state index contributed by atoms with van der Waals surface area (Å²) in [7, 11) is 0. The number of amides is 1. The van der Waals surface area contributed by atoms with E-state index in [9.17, 15) is 4.79 Å². The number of halogens is 1. The number of anilines is 1. The highest BCUT2D eigenvalue weighted by Gasteiger charge is 2.23. The molecule has 0 radical (unpaired) electrons. The third kappa shape index (κ3) is 4.04. The number of aromatic nitrogens is 1. The summed E-state index contributed by atoms with van der Waals surface area (Å²) in [6, 6.07) is 7.70. The summed E-state index contributed by atoms with van der Waals surface area (Å²) in [6.45, 7) is 1.26. The molecule has 1 saturated heterocycles. The highest BCUT2D eigenvalue weighted by atomic mass is 35.5. The number of nitrogens with zero attached hydrogens (tertiary/aromatic N) is 1. The van der Waals surface area contributed by atoms with Crippen LogP contribution in [0.3, 0.4) is 0 Å². The SMILES string of the molecule is O=C(Nc1ncc(Cc2cccc(Cl)c2)s1)[C@H]1COCCO1. The van der Waals surface area contributed by atoms with E-state index in [1.165, 1.54) is 11.3 Å². The fourth-order valence-electron chi connectivity index (χ4n) is 2.12. The predicted molar refractivity (Wildman–Crippen MR) is 85.6 cm³/mol. The standard InChI is InChI=1S/C15H15ClN2O3S/c16-11-3-1-2-10(6-11)7-12-8-17-15(22-12)18-14(19)13-9-20-4-5-21-13/h1-3,6,8,13H,4-5,7,9H2,(H,17,18,19)/t13-/m1/s1. The van der Waals surface area contributed by atoms with E-state index < -0.39 is 6.10 Å². The van der Waals surface area contributed by atoms with E-state index in [4.69, 9.17) is 21.1 Å². The molecule has 1 N–H and O–H groups in total. The Morgan fingerprint density at radius 3 is 3.14 bits per heavy atom. The highest BCUT2D eigenvalue weighted by molar-refractivity contribution is 7.15. The Morgan fingerprint density at radius 2 is 2.36 bits per heavy atom. The van der Waals surface area contributed by atoms with Crippen molar-refractivity contribution in [1.82, 2.24) is 4.98 Å². The lowest BCUT2D eigenvalue weighted by atomic mass is 10.1. The summed E-state index contributed by atoms with van der Waals surface area (Å²) in [5.74, 6) is -0.219. The second-order valence-electron chi connectivity index (χ2n) is 4.86. The molecule has 1 aliphatic heterocycles. The summed E-state index contributed by atoms with van der Waals surface area (Å²) in [5.41, 5.74) is 1.11. The zero-order valence-corrected chi connectivity index (χ0v) is 13.3. The third-order valence-corrected chi connectivity index (χ3v) is 4.31. The van der Waals surface area contributed by atoms with Crippen LogP contribution in [0.2, 0.25) is 5.02 Å². The van der Waals surface area contributed by atoms with Gasteiger partial charge in [-0.25, -0.2) is 4.98 Å². The quantitative estimate of drug-likeness (QED) is 0.931. The molecule has 1 atom stereocenters. The van der Waals surface area contributed by atoms with E-state index in [1.807, 2.05) is 24.3 Å². The molecule has 7 heteroatoms. The van der Waals surface area contributed by atoms with Crippen molar-refractivity contribution < 1.29 is 14.3 Å². The van der Waals surface area contributed by atoms with Crippen LogP contribution in [-0.4, -0.2) is 36.8 Å². The number of rotatable bonds is 4. The van der Waals surface area contributed by atoms with Gasteiger partial charge in [0, 0.05) is 22.5 Å².